The van der Waals surface area contributed by atoms with Gasteiger partial charge in [0.25, 0.3) is 5.91 Å². The fraction of sp³-hybridized carbons (Fsp3) is 0.583. The number of carbonyl (C=O) groups is 1. The summed E-state index contributed by atoms with van der Waals surface area (Å²) in [5, 5.41) is 8.22. The lowest BCUT2D eigenvalue weighted by Crippen LogP contribution is -2.30. The van der Waals surface area contributed by atoms with Crippen molar-refractivity contribution in [3.05, 3.63) is 22.4 Å². The Hall–Kier alpha value is -0.870. The molecule has 1 aromatic heterocycles. The van der Waals surface area contributed by atoms with Crippen LogP contribution in [0.2, 0.25) is 0 Å². The Kier molecular flexibility index (Phi) is 6.11. The van der Waals surface area contributed by atoms with Crippen LogP contribution in [-0.4, -0.2) is 25.0 Å². The van der Waals surface area contributed by atoms with Crippen molar-refractivity contribution in [1.82, 2.24) is 10.6 Å². The highest BCUT2D eigenvalue weighted by molar-refractivity contribution is 7.12. The first-order chi connectivity index (χ1) is 7.74. The molecule has 0 radical (unpaired) electrons. The maximum atomic E-state index is 11.5. The smallest absolute Gasteiger partial charge is 0.261 e. The van der Waals surface area contributed by atoms with Crippen molar-refractivity contribution in [2.75, 3.05) is 13.1 Å². The molecule has 0 saturated heterocycles. The number of hydrogen-bond acceptors (Lipinski definition) is 3. The summed E-state index contributed by atoms with van der Waals surface area (Å²) in [5.41, 5.74) is 0. The number of thiophene rings is 1. The molecule has 16 heavy (non-hydrogen) atoms. The molecular weight excluding hydrogens is 220 g/mol. The minimum atomic E-state index is 0.0403. The molecule has 4 heteroatoms. The molecule has 0 saturated carbocycles. The molecule has 0 aromatic carbocycles. The van der Waals surface area contributed by atoms with E-state index in [2.05, 4.69) is 24.5 Å². The van der Waals surface area contributed by atoms with Crippen LogP contribution in [0.5, 0.6) is 0 Å². The molecule has 1 atom stereocenters. The van der Waals surface area contributed by atoms with E-state index in [4.69, 9.17) is 0 Å². The monoisotopic (exact) mass is 240 g/mol. The normalized spacial score (nSPS) is 12.4. The molecule has 0 aliphatic carbocycles. The fourth-order valence-electron chi connectivity index (χ4n) is 1.28. The van der Waals surface area contributed by atoms with E-state index in [-0.39, 0.29) is 5.91 Å². The molecule has 1 aromatic rings. The molecular formula is C12H20N2OS. The quantitative estimate of drug-likeness (QED) is 0.718. The van der Waals surface area contributed by atoms with Gasteiger partial charge in [0, 0.05) is 12.6 Å². The Morgan fingerprint density at radius 2 is 2.31 bits per heavy atom. The van der Waals surface area contributed by atoms with Gasteiger partial charge in [-0.3, -0.25) is 4.79 Å². The van der Waals surface area contributed by atoms with Crippen molar-refractivity contribution in [3.8, 4) is 0 Å². The van der Waals surface area contributed by atoms with E-state index in [1.807, 2.05) is 17.5 Å². The van der Waals surface area contributed by atoms with E-state index in [1.54, 1.807) is 0 Å². The zero-order chi connectivity index (χ0) is 11.8. The standard InChI is InChI=1S/C12H20N2OS/c1-3-10(2)13-7-5-8-14-12(15)11-6-4-9-16-11/h4,6,9-10,13H,3,5,7-8H2,1-2H3,(H,14,15). The Morgan fingerprint density at radius 3 is 2.94 bits per heavy atom. The second-order valence-electron chi connectivity index (χ2n) is 3.85. The third kappa shape index (κ3) is 4.77. The number of rotatable bonds is 7. The van der Waals surface area contributed by atoms with Crippen LogP contribution in [0.3, 0.4) is 0 Å². The Morgan fingerprint density at radius 1 is 1.50 bits per heavy atom. The molecule has 0 aliphatic rings. The van der Waals surface area contributed by atoms with Gasteiger partial charge in [0.1, 0.15) is 0 Å². The molecule has 0 bridgehead atoms. The number of hydrogen-bond donors (Lipinski definition) is 2. The van der Waals surface area contributed by atoms with E-state index in [0.717, 1.165) is 30.8 Å². The van der Waals surface area contributed by atoms with Gasteiger partial charge in [0.2, 0.25) is 0 Å². The van der Waals surface area contributed by atoms with Crippen LogP contribution >= 0.6 is 11.3 Å². The Bertz CT molecular complexity index is 298. The third-order valence-corrected chi connectivity index (χ3v) is 3.36. The van der Waals surface area contributed by atoms with Gasteiger partial charge >= 0.3 is 0 Å². The summed E-state index contributed by atoms with van der Waals surface area (Å²) < 4.78 is 0. The molecule has 3 nitrogen and oxygen atoms in total. The summed E-state index contributed by atoms with van der Waals surface area (Å²) in [4.78, 5) is 12.3. The molecule has 1 unspecified atom stereocenters. The summed E-state index contributed by atoms with van der Waals surface area (Å²) in [6, 6.07) is 4.30. The topological polar surface area (TPSA) is 41.1 Å². The first-order valence-electron chi connectivity index (χ1n) is 5.79. The maximum absolute atomic E-state index is 11.5. The lowest BCUT2D eigenvalue weighted by atomic mass is 10.2. The van der Waals surface area contributed by atoms with Gasteiger partial charge in [-0.15, -0.1) is 11.3 Å². The van der Waals surface area contributed by atoms with Gasteiger partial charge in [-0.1, -0.05) is 13.0 Å². The first-order valence-corrected chi connectivity index (χ1v) is 6.67. The lowest BCUT2D eigenvalue weighted by Gasteiger charge is -2.10. The van der Waals surface area contributed by atoms with Crippen molar-refractivity contribution >= 4 is 17.2 Å². The zero-order valence-corrected chi connectivity index (χ0v) is 10.8. The highest BCUT2D eigenvalue weighted by Gasteiger charge is 2.04. The molecule has 2 N–H and O–H groups in total. The van der Waals surface area contributed by atoms with Crippen LogP contribution in [-0.2, 0) is 0 Å². The van der Waals surface area contributed by atoms with E-state index in [0.29, 0.717) is 6.04 Å². The third-order valence-electron chi connectivity index (χ3n) is 2.49. The molecule has 1 amide bonds. The van der Waals surface area contributed by atoms with Crippen LogP contribution < -0.4 is 10.6 Å². The second kappa shape index (κ2) is 7.41. The fourth-order valence-corrected chi connectivity index (χ4v) is 1.92. The van der Waals surface area contributed by atoms with Crippen LogP contribution in [0.1, 0.15) is 36.4 Å². The molecule has 0 fully saturated rings. The summed E-state index contributed by atoms with van der Waals surface area (Å²) in [6.45, 7) is 6.03. The first kappa shape index (κ1) is 13.2. The number of nitrogens with one attached hydrogen (secondary N) is 2. The molecule has 0 spiro atoms. The molecule has 1 rings (SSSR count). The van der Waals surface area contributed by atoms with Crippen LogP contribution in [0, 0.1) is 0 Å². The average Bonchev–Trinajstić information content (AvgIpc) is 2.81. The number of amides is 1. The average molecular weight is 240 g/mol. The SMILES string of the molecule is CCC(C)NCCCNC(=O)c1cccs1. The minimum absolute atomic E-state index is 0.0403. The maximum Gasteiger partial charge on any atom is 0.261 e. The highest BCUT2D eigenvalue weighted by Crippen LogP contribution is 2.07. The predicted octanol–water partition coefficient (Wildman–Crippen LogP) is 2.26. The van der Waals surface area contributed by atoms with E-state index < -0.39 is 0 Å². The van der Waals surface area contributed by atoms with Crippen molar-refractivity contribution in [2.45, 2.75) is 32.7 Å². The van der Waals surface area contributed by atoms with Crippen molar-refractivity contribution < 1.29 is 4.79 Å². The van der Waals surface area contributed by atoms with E-state index in [9.17, 15) is 4.79 Å². The molecule has 1 heterocycles. The summed E-state index contributed by atoms with van der Waals surface area (Å²) >= 11 is 1.48. The summed E-state index contributed by atoms with van der Waals surface area (Å²) in [5.74, 6) is 0.0403. The Labute approximate surface area is 101 Å². The predicted molar refractivity (Wildman–Crippen MR) is 69.0 cm³/mol. The largest absolute Gasteiger partial charge is 0.351 e. The van der Waals surface area contributed by atoms with Gasteiger partial charge in [-0.2, -0.15) is 0 Å². The lowest BCUT2D eigenvalue weighted by molar-refractivity contribution is 0.0957. The molecule has 90 valence electrons. The van der Waals surface area contributed by atoms with E-state index in [1.165, 1.54) is 11.3 Å². The van der Waals surface area contributed by atoms with Crippen LogP contribution in [0.15, 0.2) is 17.5 Å². The van der Waals surface area contributed by atoms with Gasteiger partial charge < -0.3 is 10.6 Å². The highest BCUT2D eigenvalue weighted by atomic mass is 32.1. The number of carbonyl (C=O) groups excluding carboxylic acids is 1. The van der Waals surface area contributed by atoms with Gasteiger partial charge in [-0.05, 0) is 37.8 Å². The van der Waals surface area contributed by atoms with Gasteiger partial charge in [0.05, 0.1) is 4.88 Å². The van der Waals surface area contributed by atoms with Gasteiger partial charge in [-0.25, -0.2) is 0 Å². The Balaban J connectivity index is 2.05. The summed E-state index contributed by atoms with van der Waals surface area (Å²) in [6.07, 6.45) is 2.11. The molecule has 0 aliphatic heterocycles. The summed E-state index contributed by atoms with van der Waals surface area (Å²) in [7, 11) is 0. The second-order valence-corrected chi connectivity index (χ2v) is 4.80. The zero-order valence-electron chi connectivity index (χ0n) is 9.95. The van der Waals surface area contributed by atoms with Crippen molar-refractivity contribution in [2.24, 2.45) is 0 Å². The van der Waals surface area contributed by atoms with E-state index >= 15 is 0 Å². The minimum Gasteiger partial charge on any atom is -0.351 e. The van der Waals surface area contributed by atoms with Crippen LogP contribution in [0.4, 0.5) is 0 Å². The van der Waals surface area contributed by atoms with Crippen molar-refractivity contribution in [1.29, 1.82) is 0 Å². The van der Waals surface area contributed by atoms with Gasteiger partial charge in [0.15, 0.2) is 0 Å². The van der Waals surface area contributed by atoms with Crippen LogP contribution in [0.25, 0.3) is 0 Å². The van der Waals surface area contributed by atoms with Crippen molar-refractivity contribution in [3.63, 3.8) is 0 Å².